The van der Waals surface area contributed by atoms with Gasteiger partial charge in [0, 0.05) is 5.69 Å². The molecule has 2 fully saturated rings. The third-order valence-electron chi connectivity index (χ3n) is 6.90. The smallest absolute Gasteiger partial charge is 0.251 e. The molecule has 2 aliphatic carbocycles. The Labute approximate surface area is 172 Å². The number of pyridine rings is 2. The van der Waals surface area contributed by atoms with E-state index in [9.17, 15) is 0 Å². The fraction of sp³-hybridized carbons (Fsp3) is 0.583. The molecule has 0 amide bonds. The van der Waals surface area contributed by atoms with Gasteiger partial charge in [-0.2, -0.15) is 0 Å². The minimum atomic E-state index is -1.55. The van der Waals surface area contributed by atoms with Crippen LogP contribution in [-0.2, 0) is 6.16 Å². The van der Waals surface area contributed by atoms with Crippen LogP contribution >= 0.6 is 7.14 Å². The molecule has 4 heteroatoms. The van der Waals surface area contributed by atoms with Crippen LogP contribution < -0.4 is 0 Å². The number of aromatic nitrogens is 2. The first-order valence-corrected chi connectivity index (χ1v) is 13.4. The zero-order chi connectivity index (χ0) is 19.4. The predicted molar refractivity (Wildman–Crippen MR) is 122 cm³/mol. The summed E-state index contributed by atoms with van der Waals surface area (Å²) in [5.74, 6) is 0. The Kier molecular flexibility index (Phi) is 6.51. The highest BCUT2D eigenvalue weighted by Gasteiger charge is 2.48. The molecule has 0 saturated heterocycles. The molecule has 2 heterocycles. The van der Waals surface area contributed by atoms with Crippen molar-refractivity contribution in [1.29, 1.82) is 0 Å². The van der Waals surface area contributed by atoms with Crippen LogP contribution in [-0.4, -0.2) is 28.9 Å². The first kappa shape index (κ1) is 20.1. The summed E-state index contributed by atoms with van der Waals surface area (Å²) in [6, 6.07) is 12.6. The quantitative estimate of drug-likeness (QED) is 0.418. The zero-order valence-corrected chi connectivity index (χ0v) is 18.2. The topological polar surface area (TPSA) is 25.8 Å². The van der Waals surface area contributed by atoms with Crippen LogP contribution in [0.3, 0.4) is 0 Å². The fourth-order valence-corrected chi connectivity index (χ4v) is 9.86. The maximum Gasteiger partial charge on any atom is 0.366 e. The summed E-state index contributed by atoms with van der Waals surface area (Å²) >= 11 is 0. The standard InChI is InChI=1S/C24H33BN2P/c1-19-10-8-16-23(26-19)24-17-9-11-20(27-24)18-28(25,21-12-4-2-5-13-21)22-14-6-3-7-15-22/h8-11,16-17,21-22H,2-7,12-15,18H2,1H3/q+1. The van der Waals surface area contributed by atoms with Crippen molar-refractivity contribution in [1.82, 2.24) is 9.97 Å². The molecule has 2 radical (unpaired) electrons. The highest BCUT2D eigenvalue weighted by molar-refractivity contribution is 7.97. The van der Waals surface area contributed by atoms with Crippen molar-refractivity contribution in [2.45, 2.75) is 88.6 Å². The summed E-state index contributed by atoms with van der Waals surface area (Å²) < 4.78 is 0. The monoisotopic (exact) mass is 391 g/mol. The van der Waals surface area contributed by atoms with E-state index in [2.05, 4.69) is 35.3 Å². The van der Waals surface area contributed by atoms with Crippen LogP contribution in [0.4, 0.5) is 0 Å². The molecule has 0 aliphatic heterocycles. The molecule has 2 aliphatic rings. The average Bonchev–Trinajstić information content (AvgIpc) is 2.75. The maximum absolute atomic E-state index is 7.45. The van der Waals surface area contributed by atoms with Gasteiger partial charge >= 0.3 is 7.57 Å². The predicted octanol–water partition coefficient (Wildman–Crippen LogP) is 6.72. The van der Waals surface area contributed by atoms with Crippen LogP contribution in [0, 0.1) is 6.92 Å². The Morgan fingerprint density at radius 1 is 0.786 bits per heavy atom. The molecular formula is C24H33BN2P+. The Morgan fingerprint density at radius 2 is 1.32 bits per heavy atom. The second kappa shape index (κ2) is 9.08. The van der Waals surface area contributed by atoms with Gasteiger partial charge in [0.2, 0.25) is 0 Å². The molecule has 4 rings (SSSR count). The second-order valence-electron chi connectivity index (χ2n) is 8.92. The van der Waals surface area contributed by atoms with E-state index in [0.29, 0.717) is 0 Å². The molecular weight excluding hydrogens is 358 g/mol. The van der Waals surface area contributed by atoms with Gasteiger partial charge in [-0.15, -0.1) is 0 Å². The van der Waals surface area contributed by atoms with Crippen molar-refractivity contribution in [3.05, 3.63) is 47.8 Å². The Bertz CT molecular complexity index is 764. The minimum Gasteiger partial charge on any atom is -0.251 e. The number of hydrogen-bond acceptors (Lipinski definition) is 2. The van der Waals surface area contributed by atoms with Crippen molar-refractivity contribution in [3.8, 4) is 11.4 Å². The molecule has 0 aromatic carbocycles. The molecule has 2 aromatic heterocycles. The van der Waals surface area contributed by atoms with Gasteiger partial charge in [-0.1, -0.05) is 25.0 Å². The molecule has 2 saturated carbocycles. The van der Waals surface area contributed by atoms with Crippen molar-refractivity contribution < 1.29 is 0 Å². The summed E-state index contributed by atoms with van der Waals surface area (Å²) in [6.45, 7) is 2.04. The number of hydrogen-bond donors (Lipinski definition) is 0. The van der Waals surface area contributed by atoms with Gasteiger partial charge in [-0.3, -0.25) is 4.98 Å². The van der Waals surface area contributed by atoms with Crippen LogP contribution in [0.25, 0.3) is 11.4 Å². The molecule has 28 heavy (non-hydrogen) atoms. The summed E-state index contributed by atoms with van der Waals surface area (Å²) in [5, 5.41) is 0. The lowest BCUT2D eigenvalue weighted by molar-refractivity contribution is 0.481. The van der Waals surface area contributed by atoms with E-state index in [4.69, 9.17) is 12.5 Å². The summed E-state index contributed by atoms with van der Waals surface area (Å²) in [4.78, 5) is 9.72. The molecule has 0 atom stereocenters. The van der Waals surface area contributed by atoms with E-state index in [1.807, 2.05) is 13.0 Å². The highest BCUT2D eigenvalue weighted by atomic mass is 31.2. The van der Waals surface area contributed by atoms with Crippen LogP contribution in [0.15, 0.2) is 36.4 Å². The Balaban J connectivity index is 1.62. The summed E-state index contributed by atoms with van der Waals surface area (Å²) in [5.41, 5.74) is 5.69. The van der Waals surface area contributed by atoms with E-state index in [1.54, 1.807) is 0 Å². The van der Waals surface area contributed by atoms with E-state index in [0.717, 1.165) is 34.6 Å². The third kappa shape index (κ3) is 4.51. The van der Waals surface area contributed by atoms with Crippen molar-refractivity contribution in [3.63, 3.8) is 0 Å². The van der Waals surface area contributed by atoms with Crippen molar-refractivity contribution >= 4 is 14.7 Å². The molecule has 0 N–H and O–H groups in total. The van der Waals surface area contributed by atoms with Crippen LogP contribution in [0.2, 0.25) is 0 Å². The lowest BCUT2D eigenvalue weighted by Gasteiger charge is -2.41. The SMILES string of the molecule is [B][P+](Cc1cccc(-c2cccc(C)n2)n1)(C1CCCCC1)C1CCCCC1. The van der Waals surface area contributed by atoms with Gasteiger partial charge < -0.3 is 0 Å². The van der Waals surface area contributed by atoms with Gasteiger partial charge in [-0.05, 0) is 89.7 Å². The molecule has 146 valence electrons. The summed E-state index contributed by atoms with van der Waals surface area (Å²) in [7, 11) is 5.90. The number of nitrogens with zero attached hydrogens (tertiary/aromatic N) is 2. The van der Waals surface area contributed by atoms with Gasteiger partial charge in [-0.25, -0.2) is 4.98 Å². The van der Waals surface area contributed by atoms with E-state index in [1.165, 1.54) is 69.9 Å². The van der Waals surface area contributed by atoms with Crippen LogP contribution in [0.5, 0.6) is 0 Å². The first-order valence-electron chi connectivity index (χ1n) is 11.2. The van der Waals surface area contributed by atoms with E-state index < -0.39 is 7.14 Å². The van der Waals surface area contributed by atoms with Crippen molar-refractivity contribution in [2.75, 3.05) is 0 Å². The van der Waals surface area contributed by atoms with Gasteiger partial charge in [0.15, 0.2) is 0 Å². The highest BCUT2D eigenvalue weighted by Crippen LogP contribution is 2.70. The first-order chi connectivity index (χ1) is 13.6. The Morgan fingerprint density at radius 3 is 1.89 bits per heavy atom. The lowest BCUT2D eigenvalue weighted by atomic mass is 9.99. The fourth-order valence-electron chi connectivity index (χ4n) is 5.36. The van der Waals surface area contributed by atoms with Crippen LogP contribution in [0.1, 0.15) is 75.6 Å². The molecule has 0 spiro atoms. The molecule has 2 aromatic rings. The van der Waals surface area contributed by atoms with Gasteiger partial charge in [0.05, 0.1) is 34.6 Å². The van der Waals surface area contributed by atoms with Gasteiger partial charge in [0.25, 0.3) is 0 Å². The number of aryl methyl sites for hydroxylation is 1. The second-order valence-corrected chi connectivity index (χ2v) is 12.7. The molecule has 0 unspecified atom stereocenters. The minimum absolute atomic E-state index is 0.756. The Hall–Kier alpha value is -1.21. The third-order valence-corrected chi connectivity index (χ3v) is 11.5. The summed E-state index contributed by atoms with van der Waals surface area (Å²) in [6.07, 6.45) is 14.7. The number of rotatable bonds is 5. The van der Waals surface area contributed by atoms with Crippen molar-refractivity contribution in [2.24, 2.45) is 0 Å². The van der Waals surface area contributed by atoms with E-state index >= 15 is 0 Å². The molecule has 2 nitrogen and oxygen atoms in total. The zero-order valence-electron chi connectivity index (χ0n) is 17.3. The lowest BCUT2D eigenvalue weighted by Crippen LogP contribution is -2.29. The molecule has 0 bridgehead atoms. The normalized spacial score (nSPS) is 19.6. The van der Waals surface area contributed by atoms with Gasteiger partial charge in [0.1, 0.15) is 0 Å². The maximum atomic E-state index is 7.45. The largest absolute Gasteiger partial charge is 0.366 e. The van der Waals surface area contributed by atoms with E-state index in [-0.39, 0.29) is 0 Å². The average molecular weight is 391 g/mol.